The van der Waals surface area contributed by atoms with Gasteiger partial charge in [-0.3, -0.25) is 0 Å². The summed E-state index contributed by atoms with van der Waals surface area (Å²) >= 11 is 0. The van der Waals surface area contributed by atoms with E-state index in [1.165, 1.54) is 6.07 Å². The van der Waals surface area contributed by atoms with E-state index < -0.39 is 5.60 Å². The van der Waals surface area contributed by atoms with Gasteiger partial charge in [-0.15, -0.1) is 0 Å². The molecule has 1 aromatic rings. The SMILES string of the molecule is OC1(CNCc2ccccc2F)CCNCC1. The lowest BCUT2D eigenvalue weighted by atomic mass is 9.92. The van der Waals surface area contributed by atoms with Gasteiger partial charge in [0.25, 0.3) is 0 Å². The van der Waals surface area contributed by atoms with Crippen LogP contribution in [0.5, 0.6) is 0 Å². The third-order valence-corrected chi connectivity index (χ3v) is 3.26. The molecule has 1 aromatic carbocycles. The largest absolute Gasteiger partial charge is 0.388 e. The molecule has 1 heterocycles. The molecule has 1 saturated heterocycles. The first-order valence-corrected chi connectivity index (χ1v) is 6.07. The predicted molar refractivity (Wildman–Crippen MR) is 65.2 cm³/mol. The highest BCUT2D eigenvalue weighted by Crippen LogP contribution is 2.17. The molecule has 0 saturated carbocycles. The van der Waals surface area contributed by atoms with Gasteiger partial charge in [-0.2, -0.15) is 0 Å². The fourth-order valence-corrected chi connectivity index (χ4v) is 2.14. The molecule has 2 rings (SSSR count). The van der Waals surface area contributed by atoms with Gasteiger partial charge >= 0.3 is 0 Å². The highest BCUT2D eigenvalue weighted by atomic mass is 19.1. The summed E-state index contributed by atoms with van der Waals surface area (Å²) in [5.74, 6) is -0.197. The number of nitrogens with one attached hydrogen (secondary N) is 2. The molecule has 94 valence electrons. The van der Waals surface area contributed by atoms with Gasteiger partial charge in [0, 0.05) is 18.7 Å². The highest BCUT2D eigenvalue weighted by molar-refractivity contribution is 5.16. The molecule has 17 heavy (non-hydrogen) atoms. The van der Waals surface area contributed by atoms with Crippen molar-refractivity contribution in [1.82, 2.24) is 10.6 Å². The van der Waals surface area contributed by atoms with Gasteiger partial charge < -0.3 is 15.7 Å². The Labute approximate surface area is 101 Å². The second kappa shape index (κ2) is 5.58. The van der Waals surface area contributed by atoms with Gasteiger partial charge in [0.05, 0.1) is 5.60 Å². The summed E-state index contributed by atoms with van der Waals surface area (Å²) in [4.78, 5) is 0. The van der Waals surface area contributed by atoms with Crippen LogP contribution in [0, 0.1) is 5.82 Å². The maximum atomic E-state index is 13.3. The highest BCUT2D eigenvalue weighted by Gasteiger charge is 2.28. The van der Waals surface area contributed by atoms with Crippen molar-refractivity contribution in [2.24, 2.45) is 0 Å². The predicted octanol–water partition coefficient (Wildman–Crippen LogP) is 1.03. The fraction of sp³-hybridized carbons (Fsp3) is 0.538. The molecule has 0 amide bonds. The molecule has 1 aliphatic heterocycles. The number of benzene rings is 1. The Kier molecular flexibility index (Phi) is 4.10. The van der Waals surface area contributed by atoms with Gasteiger partial charge in [0.1, 0.15) is 5.82 Å². The van der Waals surface area contributed by atoms with Crippen LogP contribution in [0.25, 0.3) is 0 Å². The number of hydrogen-bond acceptors (Lipinski definition) is 3. The summed E-state index contributed by atoms with van der Waals surface area (Å²) in [6, 6.07) is 6.71. The van der Waals surface area contributed by atoms with Crippen molar-refractivity contribution >= 4 is 0 Å². The summed E-state index contributed by atoms with van der Waals surface area (Å²) in [6.45, 7) is 2.67. The Bertz CT molecular complexity index is 364. The fourth-order valence-electron chi connectivity index (χ4n) is 2.14. The van der Waals surface area contributed by atoms with E-state index in [4.69, 9.17) is 0 Å². The lowest BCUT2D eigenvalue weighted by Crippen LogP contribution is -2.48. The minimum absolute atomic E-state index is 0.197. The zero-order valence-corrected chi connectivity index (χ0v) is 9.88. The van der Waals surface area contributed by atoms with E-state index in [1.807, 2.05) is 6.07 Å². The molecule has 1 fully saturated rings. The topological polar surface area (TPSA) is 44.3 Å². The van der Waals surface area contributed by atoms with E-state index in [9.17, 15) is 9.50 Å². The van der Waals surface area contributed by atoms with Crippen LogP contribution >= 0.6 is 0 Å². The summed E-state index contributed by atoms with van der Waals surface area (Å²) in [6.07, 6.45) is 1.49. The molecular formula is C13H19FN2O. The molecule has 4 heteroatoms. The van der Waals surface area contributed by atoms with Crippen molar-refractivity contribution < 1.29 is 9.50 Å². The smallest absolute Gasteiger partial charge is 0.127 e. The minimum atomic E-state index is -0.642. The molecular weight excluding hydrogens is 219 g/mol. The average Bonchev–Trinajstić information content (AvgIpc) is 2.32. The number of halogens is 1. The van der Waals surface area contributed by atoms with Gasteiger partial charge in [-0.05, 0) is 32.0 Å². The first kappa shape index (κ1) is 12.5. The van der Waals surface area contributed by atoms with Crippen LogP contribution in [0.4, 0.5) is 4.39 Å². The summed E-state index contributed by atoms with van der Waals surface area (Å²) < 4.78 is 13.3. The number of aliphatic hydroxyl groups is 1. The van der Waals surface area contributed by atoms with Crippen LogP contribution in [0.1, 0.15) is 18.4 Å². The second-order valence-electron chi connectivity index (χ2n) is 4.67. The van der Waals surface area contributed by atoms with E-state index in [1.54, 1.807) is 12.1 Å². The standard InChI is InChI=1S/C13H19FN2O/c14-12-4-2-1-3-11(12)9-16-10-13(17)5-7-15-8-6-13/h1-4,15-17H,5-10H2. The van der Waals surface area contributed by atoms with Gasteiger partial charge in [0.15, 0.2) is 0 Å². The van der Waals surface area contributed by atoms with E-state index in [0.29, 0.717) is 18.7 Å². The van der Waals surface area contributed by atoms with E-state index in [-0.39, 0.29) is 5.82 Å². The van der Waals surface area contributed by atoms with Crippen LogP contribution < -0.4 is 10.6 Å². The monoisotopic (exact) mass is 238 g/mol. The Morgan fingerprint density at radius 3 is 2.71 bits per heavy atom. The molecule has 3 N–H and O–H groups in total. The Morgan fingerprint density at radius 2 is 2.00 bits per heavy atom. The Balaban J connectivity index is 1.81. The lowest BCUT2D eigenvalue weighted by molar-refractivity contribution is 0.0109. The lowest BCUT2D eigenvalue weighted by Gasteiger charge is -2.32. The molecule has 1 aliphatic rings. The molecule has 0 aromatic heterocycles. The summed E-state index contributed by atoms with van der Waals surface area (Å²) in [5, 5.41) is 16.6. The molecule has 0 radical (unpaired) electrons. The van der Waals surface area contributed by atoms with Crippen molar-refractivity contribution in [2.75, 3.05) is 19.6 Å². The molecule has 0 unspecified atom stereocenters. The van der Waals surface area contributed by atoms with Crippen LogP contribution in [-0.4, -0.2) is 30.3 Å². The first-order valence-electron chi connectivity index (χ1n) is 6.07. The van der Waals surface area contributed by atoms with Crippen LogP contribution in [0.2, 0.25) is 0 Å². The van der Waals surface area contributed by atoms with Crippen molar-refractivity contribution in [3.8, 4) is 0 Å². The normalized spacial score (nSPS) is 19.2. The van der Waals surface area contributed by atoms with Crippen LogP contribution in [-0.2, 0) is 6.54 Å². The molecule has 0 atom stereocenters. The van der Waals surface area contributed by atoms with E-state index >= 15 is 0 Å². The van der Waals surface area contributed by atoms with Crippen molar-refractivity contribution in [2.45, 2.75) is 25.0 Å². The van der Waals surface area contributed by atoms with Crippen molar-refractivity contribution in [3.05, 3.63) is 35.6 Å². The molecule has 0 aliphatic carbocycles. The Hall–Kier alpha value is -0.970. The van der Waals surface area contributed by atoms with Crippen LogP contribution in [0.15, 0.2) is 24.3 Å². The van der Waals surface area contributed by atoms with Gasteiger partial charge in [-0.25, -0.2) is 4.39 Å². The second-order valence-corrected chi connectivity index (χ2v) is 4.67. The first-order chi connectivity index (χ1) is 8.20. The third-order valence-electron chi connectivity index (χ3n) is 3.26. The van der Waals surface area contributed by atoms with E-state index in [0.717, 1.165) is 25.9 Å². The maximum Gasteiger partial charge on any atom is 0.127 e. The quantitative estimate of drug-likeness (QED) is 0.734. The summed E-state index contributed by atoms with van der Waals surface area (Å²) in [7, 11) is 0. The molecule has 0 bridgehead atoms. The third kappa shape index (κ3) is 3.49. The van der Waals surface area contributed by atoms with Crippen LogP contribution in [0.3, 0.4) is 0 Å². The number of rotatable bonds is 4. The van der Waals surface area contributed by atoms with Crippen molar-refractivity contribution in [3.63, 3.8) is 0 Å². The van der Waals surface area contributed by atoms with Crippen molar-refractivity contribution in [1.29, 1.82) is 0 Å². The average molecular weight is 238 g/mol. The number of piperidine rings is 1. The zero-order chi connectivity index (χ0) is 12.1. The number of hydrogen-bond donors (Lipinski definition) is 3. The van der Waals surface area contributed by atoms with Gasteiger partial charge in [-0.1, -0.05) is 18.2 Å². The summed E-state index contributed by atoms with van der Waals surface area (Å²) in [5.41, 5.74) is 0.00120. The Morgan fingerprint density at radius 1 is 1.29 bits per heavy atom. The minimum Gasteiger partial charge on any atom is -0.388 e. The maximum absolute atomic E-state index is 13.3. The van der Waals surface area contributed by atoms with E-state index in [2.05, 4.69) is 10.6 Å². The molecule has 0 spiro atoms. The molecule has 3 nitrogen and oxygen atoms in total. The van der Waals surface area contributed by atoms with Gasteiger partial charge in [0.2, 0.25) is 0 Å². The zero-order valence-electron chi connectivity index (χ0n) is 9.88.